The third-order valence-electron chi connectivity index (χ3n) is 9.09. The van der Waals surface area contributed by atoms with E-state index in [1.807, 2.05) is 57.6 Å². The van der Waals surface area contributed by atoms with Gasteiger partial charge in [-0.2, -0.15) is 0 Å². The third kappa shape index (κ3) is 41.6. The molecule has 0 aliphatic rings. The zero-order chi connectivity index (χ0) is 42.3. The molecule has 11 heteroatoms. The van der Waals surface area contributed by atoms with Crippen LogP contribution in [0.3, 0.4) is 0 Å². The highest BCUT2D eigenvalue weighted by Crippen LogP contribution is 2.38. The van der Waals surface area contributed by atoms with Gasteiger partial charge in [0.05, 0.1) is 33.9 Å². The molecule has 0 saturated carbocycles. The van der Waals surface area contributed by atoms with Gasteiger partial charge in [0.15, 0.2) is 6.10 Å². The van der Waals surface area contributed by atoms with E-state index in [0.717, 1.165) is 51.4 Å². The second-order valence-corrected chi connectivity index (χ2v) is 17.3. The van der Waals surface area contributed by atoms with E-state index in [0.29, 0.717) is 36.7 Å². The fourth-order valence-electron chi connectivity index (χ4n) is 5.54. The van der Waals surface area contributed by atoms with Crippen LogP contribution in [0.4, 0.5) is 0 Å². The van der Waals surface area contributed by atoms with Gasteiger partial charge in [0.25, 0.3) is 7.82 Å². The van der Waals surface area contributed by atoms with Crippen LogP contribution in [-0.4, -0.2) is 81.2 Å². The predicted molar refractivity (Wildman–Crippen MR) is 232 cm³/mol. The SMILES string of the molecule is CCCCC/C=C\C=C/[C@@H](O)C/C=C\C/C=C/CCCC(=O)OC[C@H](COP(=O)([O-])OCC[N+](C)(C)C)OC(=O)CCCCCCC/C=C\CCCCCCCC. The molecule has 0 saturated heterocycles. The molecule has 0 spiro atoms. The van der Waals surface area contributed by atoms with E-state index in [-0.39, 0.29) is 26.1 Å². The molecule has 0 aromatic heterocycles. The summed E-state index contributed by atoms with van der Waals surface area (Å²) in [6, 6.07) is 0. The Balaban J connectivity index is 4.53. The number of ether oxygens (including phenoxy) is 2. The fraction of sp³-hybridized carbons (Fsp3) is 0.739. The molecule has 0 aromatic rings. The summed E-state index contributed by atoms with van der Waals surface area (Å²) in [6.45, 7) is 4.01. The largest absolute Gasteiger partial charge is 0.756 e. The molecule has 0 heterocycles. The Hall–Kier alpha value is -2.33. The topological polar surface area (TPSA) is 131 Å². The lowest BCUT2D eigenvalue weighted by atomic mass is 10.1. The minimum Gasteiger partial charge on any atom is -0.756 e. The summed E-state index contributed by atoms with van der Waals surface area (Å²) in [7, 11) is 1.09. The van der Waals surface area contributed by atoms with Gasteiger partial charge in [0.2, 0.25) is 0 Å². The second-order valence-electron chi connectivity index (χ2n) is 15.9. The van der Waals surface area contributed by atoms with Crippen molar-refractivity contribution < 1.29 is 47.2 Å². The van der Waals surface area contributed by atoms with Crippen LogP contribution >= 0.6 is 7.82 Å². The van der Waals surface area contributed by atoms with Crippen molar-refractivity contribution in [3.05, 3.63) is 60.8 Å². The maximum Gasteiger partial charge on any atom is 0.306 e. The number of esters is 2. The van der Waals surface area contributed by atoms with Gasteiger partial charge < -0.3 is 33.0 Å². The molecule has 0 radical (unpaired) electrons. The number of aliphatic hydroxyl groups excluding tert-OH is 1. The standard InChI is InChI=1S/C46H82NO9P/c1-6-8-10-12-14-15-16-17-18-19-20-21-25-30-34-38-46(50)56-44(42-55-57(51,52)54-40-39-47(3,4)5)41-53-45(49)37-33-29-26-22-24-28-32-36-43(48)35-31-27-23-13-11-9-7-2/h17-18,22-23,26-28,31-32,35,43-44,48H,6-16,19-21,24-25,29-30,33-34,36-42H2,1-5H3/b18-17-,26-22+,27-23-,32-28-,35-31-/t43-,44-/m1/s1. The Kier molecular flexibility index (Phi) is 36.4. The number of allylic oxidation sites excluding steroid dienone is 8. The van der Waals surface area contributed by atoms with Gasteiger partial charge in [-0.15, -0.1) is 0 Å². The van der Waals surface area contributed by atoms with Crippen molar-refractivity contribution in [2.75, 3.05) is 47.5 Å². The number of hydrogen-bond acceptors (Lipinski definition) is 9. The Morgan fingerprint density at radius 3 is 1.88 bits per heavy atom. The van der Waals surface area contributed by atoms with Gasteiger partial charge in [0.1, 0.15) is 19.8 Å². The number of unbranched alkanes of at least 4 members (excludes halogenated alkanes) is 15. The van der Waals surface area contributed by atoms with Crippen molar-refractivity contribution in [1.29, 1.82) is 0 Å². The minimum absolute atomic E-state index is 0.0536. The molecule has 0 rings (SSSR count). The highest BCUT2D eigenvalue weighted by molar-refractivity contribution is 7.45. The summed E-state index contributed by atoms with van der Waals surface area (Å²) >= 11 is 0. The molecule has 330 valence electrons. The third-order valence-corrected chi connectivity index (χ3v) is 10.1. The molecule has 0 aromatic carbocycles. The van der Waals surface area contributed by atoms with Crippen LogP contribution in [0.1, 0.15) is 162 Å². The first kappa shape index (κ1) is 54.7. The molecular weight excluding hydrogens is 741 g/mol. The first-order chi connectivity index (χ1) is 27.4. The monoisotopic (exact) mass is 824 g/mol. The molecule has 3 atom stereocenters. The average Bonchev–Trinajstić information content (AvgIpc) is 3.15. The van der Waals surface area contributed by atoms with E-state index in [9.17, 15) is 24.2 Å². The number of carbonyl (C=O) groups excluding carboxylic acids is 2. The number of phosphoric acid groups is 1. The van der Waals surface area contributed by atoms with Crippen molar-refractivity contribution in [2.24, 2.45) is 0 Å². The van der Waals surface area contributed by atoms with Gasteiger partial charge in [-0.05, 0) is 70.6 Å². The van der Waals surface area contributed by atoms with E-state index >= 15 is 0 Å². The summed E-state index contributed by atoms with van der Waals surface area (Å²) in [6.07, 6.45) is 41.3. The molecular formula is C46H82NO9P. The van der Waals surface area contributed by atoms with Crippen LogP contribution < -0.4 is 4.89 Å². The molecule has 0 aliphatic carbocycles. The molecule has 57 heavy (non-hydrogen) atoms. The van der Waals surface area contributed by atoms with Gasteiger partial charge in [0, 0.05) is 12.8 Å². The van der Waals surface area contributed by atoms with Crippen LogP contribution in [-0.2, 0) is 32.7 Å². The fourth-order valence-corrected chi connectivity index (χ4v) is 6.27. The predicted octanol–water partition coefficient (Wildman–Crippen LogP) is 10.8. The average molecular weight is 824 g/mol. The molecule has 0 bridgehead atoms. The molecule has 1 N–H and O–H groups in total. The number of likely N-dealkylation sites (N-methyl/N-ethyl adjacent to an activating group) is 1. The van der Waals surface area contributed by atoms with Crippen molar-refractivity contribution >= 4 is 19.8 Å². The van der Waals surface area contributed by atoms with Gasteiger partial charge in [-0.3, -0.25) is 14.2 Å². The van der Waals surface area contributed by atoms with E-state index in [1.54, 1.807) is 6.08 Å². The van der Waals surface area contributed by atoms with Gasteiger partial charge >= 0.3 is 11.9 Å². The number of nitrogens with zero attached hydrogens (tertiary/aromatic N) is 1. The first-order valence-electron chi connectivity index (χ1n) is 22.1. The zero-order valence-corrected chi connectivity index (χ0v) is 37.5. The number of rotatable bonds is 39. The maximum atomic E-state index is 12.7. The number of hydrogen-bond donors (Lipinski definition) is 1. The van der Waals surface area contributed by atoms with E-state index in [2.05, 4.69) is 32.1 Å². The summed E-state index contributed by atoms with van der Waals surface area (Å²) in [5.41, 5.74) is 0. The van der Waals surface area contributed by atoms with Crippen LogP contribution in [0.2, 0.25) is 0 Å². The van der Waals surface area contributed by atoms with Crippen molar-refractivity contribution in [3.8, 4) is 0 Å². The number of aliphatic hydroxyl groups is 1. The lowest BCUT2D eigenvalue weighted by Gasteiger charge is -2.28. The Morgan fingerprint density at radius 2 is 1.19 bits per heavy atom. The molecule has 0 aliphatic heterocycles. The lowest BCUT2D eigenvalue weighted by Crippen LogP contribution is -2.37. The van der Waals surface area contributed by atoms with E-state index < -0.39 is 38.6 Å². The summed E-state index contributed by atoms with van der Waals surface area (Å²) in [5, 5.41) is 10.1. The smallest absolute Gasteiger partial charge is 0.306 e. The summed E-state index contributed by atoms with van der Waals surface area (Å²) in [4.78, 5) is 37.5. The van der Waals surface area contributed by atoms with Crippen LogP contribution in [0.15, 0.2) is 60.8 Å². The normalized spacial score (nSPS) is 14.7. The van der Waals surface area contributed by atoms with Gasteiger partial charge in [-0.25, -0.2) is 0 Å². The Bertz CT molecular complexity index is 1170. The second kappa shape index (κ2) is 37.9. The number of quaternary nitrogens is 1. The van der Waals surface area contributed by atoms with Crippen molar-refractivity contribution in [3.63, 3.8) is 0 Å². The molecule has 0 amide bonds. The highest BCUT2D eigenvalue weighted by atomic mass is 31.2. The quantitative estimate of drug-likeness (QED) is 0.0161. The lowest BCUT2D eigenvalue weighted by molar-refractivity contribution is -0.870. The molecule has 10 nitrogen and oxygen atoms in total. The van der Waals surface area contributed by atoms with Gasteiger partial charge in [-0.1, -0.05) is 139 Å². The summed E-state index contributed by atoms with van der Waals surface area (Å²) < 4.78 is 33.8. The maximum absolute atomic E-state index is 12.7. The Morgan fingerprint density at radius 1 is 0.649 bits per heavy atom. The highest BCUT2D eigenvalue weighted by Gasteiger charge is 2.21. The minimum atomic E-state index is -4.65. The Labute approximate surface area is 348 Å². The summed E-state index contributed by atoms with van der Waals surface area (Å²) in [5.74, 6) is -0.955. The van der Waals surface area contributed by atoms with Crippen LogP contribution in [0, 0.1) is 0 Å². The van der Waals surface area contributed by atoms with Crippen molar-refractivity contribution in [1.82, 2.24) is 0 Å². The molecule has 1 unspecified atom stereocenters. The van der Waals surface area contributed by atoms with Crippen LogP contribution in [0.25, 0.3) is 0 Å². The number of phosphoric ester groups is 1. The van der Waals surface area contributed by atoms with E-state index in [1.165, 1.54) is 57.8 Å². The first-order valence-corrected chi connectivity index (χ1v) is 23.6. The number of carbonyl (C=O) groups is 2. The van der Waals surface area contributed by atoms with E-state index in [4.69, 9.17) is 18.5 Å². The van der Waals surface area contributed by atoms with Crippen LogP contribution in [0.5, 0.6) is 0 Å². The zero-order valence-electron chi connectivity index (χ0n) is 36.6. The van der Waals surface area contributed by atoms with Crippen molar-refractivity contribution in [2.45, 2.75) is 174 Å². The molecule has 0 fully saturated rings.